The third kappa shape index (κ3) is 4.01. The summed E-state index contributed by atoms with van der Waals surface area (Å²) < 4.78 is 4.78. The molecule has 0 aliphatic carbocycles. The van der Waals surface area contributed by atoms with E-state index < -0.39 is 17.8 Å². The van der Waals surface area contributed by atoms with Crippen LogP contribution in [0.1, 0.15) is 10.4 Å². The van der Waals surface area contributed by atoms with E-state index in [-0.39, 0.29) is 10.6 Å². The van der Waals surface area contributed by atoms with Crippen LogP contribution in [-0.4, -0.2) is 30.1 Å². The van der Waals surface area contributed by atoms with Crippen molar-refractivity contribution in [2.24, 2.45) is 0 Å². The smallest absolute Gasteiger partial charge is 0.341 e. The fourth-order valence-electron chi connectivity index (χ4n) is 1.93. The van der Waals surface area contributed by atoms with E-state index in [1.165, 1.54) is 7.11 Å². The summed E-state index contributed by atoms with van der Waals surface area (Å²) in [7, 11) is 1.23. The van der Waals surface area contributed by atoms with Crippen molar-refractivity contribution in [3.05, 3.63) is 52.4 Å². The molecule has 1 heterocycles. The van der Waals surface area contributed by atoms with Gasteiger partial charge in [-0.15, -0.1) is 11.3 Å². The van der Waals surface area contributed by atoms with E-state index in [9.17, 15) is 14.4 Å². The van der Waals surface area contributed by atoms with Crippen LogP contribution in [0.3, 0.4) is 0 Å². The zero-order valence-corrected chi connectivity index (χ0v) is 14.0. The average molecular weight is 366 g/mol. The lowest BCUT2D eigenvalue weighted by Gasteiger charge is -2.07. The molecule has 0 saturated carbocycles. The van der Waals surface area contributed by atoms with Crippen LogP contribution < -0.4 is 5.32 Å². The third-order valence-corrected chi connectivity index (χ3v) is 4.18. The summed E-state index contributed by atoms with van der Waals surface area (Å²) in [5.41, 5.74) is 1.31. The Bertz CT molecular complexity index is 828. The van der Waals surface area contributed by atoms with Crippen molar-refractivity contribution < 1.29 is 24.2 Å². The molecule has 124 valence electrons. The molecule has 2 rings (SSSR count). The number of methoxy groups -OCH3 is 1. The maximum absolute atomic E-state index is 12.1. The van der Waals surface area contributed by atoms with Crippen LogP contribution in [-0.2, 0) is 14.3 Å². The molecule has 0 fully saturated rings. The largest absolute Gasteiger partial charge is 0.478 e. The molecule has 0 radical (unpaired) electrons. The number of nitrogens with one attached hydrogen (secondary N) is 1. The molecule has 0 atom stereocenters. The van der Waals surface area contributed by atoms with Crippen LogP contribution in [0, 0.1) is 0 Å². The van der Waals surface area contributed by atoms with Gasteiger partial charge in [-0.3, -0.25) is 4.79 Å². The number of carbonyl (C=O) groups excluding carboxylic acids is 2. The van der Waals surface area contributed by atoms with Gasteiger partial charge < -0.3 is 15.2 Å². The number of carboxylic acids is 1. The first-order valence-electron chi connectivity index (χ1n) is 6.60. The second-order valence-corrected chi connectivity index (χ2v) is 5.77. The minimum Gasteiger partial charge on any atom is -0.478 e. The molecule has 1 aromatic carbocycles. The van der Waals surface area contributed by atoms with Crippen molar-refractivity contribution in [1.29, 1.82) is 0 Å². The van der Waals surface area contributed by atoms with Gasteiger partial charge in [0.2, 0.25) is 5.91 Å². The number of anilines is 1. The quantitative estimate of drug-likeness (QED) is 0.625. The topological polar surface area (TPSA) is 92.7 Å². The van der Waals surface area contributed by atoms with Gasteiger partial charge in [0.25, 0.3) is 0 Å². The van der Waals surface area contributed by atoms with Crippen molar-refractivity contribution >= 4 is 45.8 Å². The van der Waals surface area contributed by atoms with Crippen molar-refractivity contribution in [2.45, 2.75) is 0 Å². The molecule has 0 spiro atoms. The van der Waals surface area contributed by atoms with E-state index in [4.69, 9.17) is 21.4 Å². The van der Waals surface area contributed by atoms with Gasteiger partial charge in [0, 0.05) is 33.7 Å². The van der Waals surface area contributed by atoms with Gasteiger partial charge in [0.05, 0.1) is 7.11 Å². The number of benzene rings is 1. The number of rotatable bonds is 5. The Balaban J connectivity index is 2.44. The number of aliphatic carboxylic acids is 1. The summed E-state index contributed by atoms with van der Waals surface area (Å²) in [5.74, 6) is -2.56. The Morgan fingerprint density at radius 1 is 1.21 bits per heavy atom. The molecule has 0 unspecified atom stereocenters. The number of halogens is 1. The van der Waals surface area contributed by atoms with Gasteiger partial charge in [-0.2, -0.15) is 0 Å². The highest BCUT2D eigenvalue weighted by Gasteiger charge is 2.23. The minimum absolute atomic E-state index is 0.160. The Labute approximate surface area is 146 Å². The molecule has 6 nitrogen and oxygen atoms in total. The highest BCUT2D eigenvalue weighted by atomic mass is 35.5. The lowest BCUT2D eigenvalue weighted by atomic mass is 10.0. The molecular formula is C16H12ClNO5S. The molecule has 2 N–H and O–H groups in total. The first kappa shape index (κ1) is 17.7. The summed E-state index contributed by atoms with van der Waals surface area (Å²) in [6.45, 7) is 0. The first-order chi connectivity index (χ1) is 11.4. The van der Waals surface area contributed by atoms with Gasteiger partial charge in [-0.25, -0.2) is 9.59 Å². The van der Waals surface area contributed by atoms with E-state index in [1.54, 1.807) is 29.6 Å². The van der Waals surface area contributed by atoms with Crippen LogP contribution in [0.25, 0.3) is 11.1 Å². The molecular weight excluding hydrogens is 354 g/mol. The zero-order chi connectivity index (χ0) is 17.7. The van der Waals surface area contributed by atoms with E-state index in [0.29, 0.717) is 22.2 Å². The SMILES string of the molecule is COC(=O)c1c(-c2ccccc2Cl)csc1NC(=O)/C=C/C(=O)O. The predicted molar refractivity (Wildman–Crippen MR) is 91.5 cm³/mol. The van der Waals surface area contributed by atoms with Gasteiger partial charge >= 0.3 is 11.9 Å². The number of hydrogen-bond donors (Lipinski definition) is 2. The number of amides is 1. The third-order valence-electron chi connectivity index (χ3n) is 2.96. The Kier molecular flexibility index (Phi) is 5.73. The zero-order valence-electron chi connectivity index (χ0n) is 12.4. The van der Waals surface area contributed by atoms with Crippen molar-refractivity contribution in [1.82, 2.24) is 0 Å². The fourth-order valence-corrected chi connectivity index (χ4v) is 3.12. The maximum Gasteiger partial charge on any atom is 0.341 e. The molecule has 0 bridgehead atoms. The predicted octanol–water partition coefficient (Wildman–Crippen LogP) is 3.43. The van der Waals surface area contributed by atoms with Crippen LogP contribution in [0.2, 0.25) is 5.02 Å². The second kappa shape index (κ2) is 7.76. The van der Waals surface area contributed by atoms with Crippen molar-refractivity contribution in [3.8, 4) is 11.1 Å². The summed E-state index contributed by atoms with van der Waals surface area (Å²) in [5, 5.41) is 13.4. The lowest BCUT2D eigenvalue weighted by Crippen LogP contribution is -2.12. The average Bonchev–Trinajstić information content (AvgIpc) is 2.96. The minimum atomic E-state index is -1.25. The fraction of sp³-hybridized carbons (Fsp3) is 0.0625. The van der Waals surface area contributed by atoms with Crippen molar-refractivity contribution in [3.63, 3.8) is 0 Å². The van der Waals surface area contributed by atoms with E-state index in [1.807, 2.05) is 0 Å². The number of esters is 1. The highest BCUT2D eigenvalue weighted by Crippen LogP contribution is 2.39. The Morgan fingerprint density at radius 2 is 1.92 bits per heavy atom. The number of carboxylic acid groups (broad SMARTS) is 1. The number of hydrogen-bond acceptors (Lipinski definition) is 5. The molecule has 0 aliphatic heterocycles. The van der Waals surface area contributed by atoms with Crippen LogP contribution >= 0.6 is 22.9 Å². The van der Waals surface area contributed by atoms with Crippen LogP contribution in [0.5, 0.6) is 0 Å². The Hall–Kier alpha value is -2.64. The van der Waals surface area contributed by atoms with Gasteiger partial charge in [-0.1, -0.05) is 29.8 Å². The Morgan fingerprint density at radius 3 is 2.54 bits per heavy atom. The molecule has 0 saturated heterocycles. The summed E-state index contributed by atoms with van der Waals surface area (Å²) in [4.78, 5) is 34.3. The molecule has 1 amide bonds. The monoisotopic (exact) mass is 365 g/mol. The lowest BCUT2D eigenvalue weighted by molar-refractivity contribution is -0.131. The number of ether oxygens (including phenoxy) is 1. The summed E-state index contributed by atoms with van der Waals surface area (Å²) >= 11 is 7.28. The van der Waals surface area contributed by atoms with E-state index >= 15 is 0 Å². The normalized spacial score (nSPS) is 10.6. The van der Waals surface area contributed by atoms with Crippen LogP contribution in [0.4, 0.5) is 5.00 Å². The molecule has 2 aromatic rings. The molecule has 8 heteroatoms. The maximum atomic E-state index is 12.1. The van der Waals surface area contributed by atoms with Gasteiger partial charge in [0.1, 0.15) is 10.6 Å². The van der Waals surface area contributed by atoms with Crippen LogP contribution in [0.15, 0.2) is 41.8 Å². The molecule has 0 aliphatic rings. The summed E-state index contributed by atoms with van der Waals surface area (Å²) in [6.07, 6.45) is 1.56. The van der Waals surface area contributed by atoms with E-state index in [2.05, 4.69) is 5.32 Å². The standard InChI is InChI=1S/C16H12ClNO5S/c1-23-16(22)14-10(9-4-2-3-5-11(9)17)8-24-15(14)18-12(19)6-7-13(20)21/h2-8H,1H3,(H,18,19)(H,20,21)/b7-6+. The van der Waals surface area contributed by atoms with Gasteiger partial charge in [-0.05, 0) is 6.07 Å². The second-order valence-electron chi connectivity index (χ2n) is 4.49. The van der Waals surface area contributed by atoms with E-state index in [0.717, 1.165) is 17.4 Å². The van der Waals surface area contributed by atoms with Gasteiger partial charge in [0.15, 0.2) is 0 Å². The summed E-state index contributed by atoms with van der Waals surface area (Å²) in [6, 6.07) is 6.96. The molecule has 24 heavy (non-hydrogen) atoms. The number of carbonyl (C=O) groups is 3. The number of thiophene rings is 1. The highest BCUT2D eigenvalue weighted by molar-refractivity contribution is 7.15. The molecule has 1 aromatic heterocycles. The van der Waals surface area contributed by atoms with Crippen molar-refractivity contribution in [2.75, 3.05) is 12.4 Å². The first-order valence-corrected chi connectivity index (χ1v) is 7.86.